The molecule has 2 saturated heterocycles. The van der Waals surface area contributed by atoms with E-state index in [1.54, 1.807) is 22.7 Å². The zero-order valence-electron chi connectivity index (χ0n) is 12.3. The summed E-state index contributed by atoms with van der Waals surface area (Å²) in [6.45, 7) is 3.33. The summed E-state index contributed by atoms with van der Waals surface area (Å²) >= 11 is 0. The molecule has 1 unspecified atom stereocenters. The summed E-state index contributed by atoms with van der Waals surface area (Å²) < 4.78 is 1.79. The van der Waals surface area contributed by atoms with Crippen LogP contribution in [0.1, 0.15) is 28.9 Å². The van der Waals surface area contributed by atoms with Gasteiger partial charge in [-0.1, -0.05) is 0 Å². The molecule has 0 spiro atoms. The molecule has 2 aromatic heterocycles. The zero-order chi connectivity index (χ0) is 15.1. The van der Waals surface area contributed by atoms with Gasteiger partial charge in [0.2, 0.25) is 0 Å². The molecule has 2 bridgehead atoms. The normalized spacial score (nSPS) is 26.8. The van der Waals surface area contributed by atoms with Crippen molar-refractivity contribution in [3.63, 3.8) is 0 Å². The monoisotopic (exact) mass is 294 g/mol. The maximum absolute atomic E-state index is 12.5. The van der Waals surface area contributed by atoms with E-state index in [1.165, 1.54) is 19.5 Å². The van der Waals surface area contributed by atoms with Crippen LogP contribution in [0.3, 0.4) is 0 Å². The van der Waals surface area contributed by atoms with Crippen LogP contribution in [0.5, 0.6) is 0 Å². The Kier molecular flexibility index (Phi) is 3.12. The lowest BCUT2D eigenvalue weighted by Gasteiger charge is -2.30. The number of pyridine rings is 1. The highest BCUT2D eigenvalue weighted by Crippen LogP contribution is 2.26. The van der Waals surface area contributed by atoms with Crippen LogP contribution in [0.4, 0.5) is 0 Å². The smallest absolute Gasteiger partial charge is 0.251 e. The second-order valence-electron chi connectivity index (χ2n) is 6.36. The third-order valence-electron chi connectivity index (χ3n) is 4.83. The van der Waals surface area contributed by atoms with E-state index in [1.807, 2.05) is 12.1 Å². The first kappa shape index (κ1) is 13.4. The van der Waals surface area contributed by atoms with Crippen molar-refractivity contribution in [3.05, 3.63) is 41.7 Å². The largest absolute Gasteiger partial charge is 0.348 e. The maximum Gasteiger partial charge on any atom is 0.251 e. The van der Waals surface area contributed by atoms with E-state index in [2.05, 4.69) is 16.3 Å². The van der Waals surface area contributed by atoms with Gasteiger partial charge in [0.05, 0.1) is 0 Å². The van der Waals surface area contributed by atoms with Crippen molar-refractivity contribution >= 4 is 11.4 Å². The van der Waals surface area contributed by atoms with Gasteiger partial charge >= 0.3 is 0 Å². The van der Waals surface area contributed by atoms with Gasteiger partial charge in [0.1, 0.15) is 11.8 Å². The molecular weight excluding hydrogens is 276 g/mol. The first-order valence-corrected chi connectivity index (χ1v) is 7.77. The van der Waals surface area contributed by atoms with Gasteiger partial charge in [0.15, 0.2) is 0 Å². The molecule has 2 aliphatic heterocycles. The zero-order valence-corrected chi connectivity index (χ0v) is 12.3. The molecule has 1 amide bonds. The third kappa shape index (κ3) is 2.26. The fourth-order valence-corrected chi connectivity index (χ4v) is 3.78. The molecule has 2 fully saturated rings. The molecule has 0 aliphatic carbocycles. The Balaban J connectivity index is 1.52. The van der Waals surface area contributed by atoms with Gasteiger partial charge in [0.25, 0.3) is 5.91 Å². The van der Waals surface area contributed by atoms with Gasteiger partial charge < -0.3 is 14.6 Å². The number of amides is 1. The topological polar surface area (TPSA) is 60.5 Å². The summed E-state index contributed by atoms with van der Waals surface area (Å²) in [6.07, 6.45) is 4.14. The molecule has 0 aromatic carbocycles. The number of piperidine rings is 1. The van der Waals surface area contributed by atoms with Gasteiger partial charge in [-0.05, 0) is 49.6 Å². The lowest BCUT2D eigenvalue weighted by atomic mass is 9.96. The Hall–Kier alpha value is -2.32. The van der Waals surface area contributed by atoms with Crippen molar-refractivity contribution < 1.29 is 4.79 Å². The lowest BCUT2D eigenvalue weighted by molar-refractivity contribution is 0.0909. The lowest BCUT2D eigenvalue weighted by Crippen LogP contribution is -2.47. The van der Waals surface area contributed by atoms with E-state index in [0.29, 0.717) is 11.3 Å². The minimum absolute atomic E-state index is 0.0188. The first-order valence-electron chi connectivity index (χ1n) is 7.77. The Bertz CT molecular complexity index is 761. The van der Waals surface area contributed by atoms with Gasteiger partial charge in [-0.2, -0.15) is 5.26 Å². The molecule has 1 N–H and O–H groups in total. The van der Waals surface area contributed by atoms with Crippen molar-refractivity contribution in [1.82, 2.24) is 14.6 Å². The van der Waals surface area contributed by atoms with E-state index >= 15 is 0 Å². The van der Waals surface area contributed by atoms with E-state index < -0.39 is 0 Å². The van der Waals surface area contributed by atoms with Crippen molar-refractivity contribution in [2.24, 2.45) is 5.92 Å². The number of nitriles is 1. The molecule has 4 heterocycles. The van der Waals surface area contributed by atoms with Crippen LogP contribution in [0.25, 0.3) is 5.52 Å². The summed E-state index contributed by atoms with van der Waals surface area (Å²) in [5.41, 5.74) is 2.11. The van der Waals surface area contributed by atoms with Crippen molar-refractivity contribution in [2.45, 2.75) is 18.9 Å². The number of hydrogen-bond acceptors (Lipinski definition) is 3. The Morgan fingerprint density at radius 3 is 3.05 bits per heavy atom. The SMILES string of the molecule is N#Cc1ccc2cc(C(=O)N[C@@H]3C[C@H]4CCN(C4)C3)ccn12. The molecule has 0 radical (unpaired) electrons. The number of fused-ring (bicyclic) bond motifs is 3. The predicted molar refractivity (Wildman–Crippen MR) is 82.5 cm³/mol. The molecule has 5 heteroatoms. The average Bonchev–Trinajstić information content (AvgIpc) is 3.09. The highest BCUT2D eigenvalue weighted by Gasteiger charge is 2.32. The van der Waals surface area contributed by atoms with Crippen LogP contribution in [-0.4, -0.2) is 40.9 Å². The molecule has 112 valence electrons. The van der Waals surface area contributed by atoms with Gasteiger partial charge in [0, 0.05) is 36.4 Å². The Labute approximate surface area is 129 Å². The van der Waals surface area contributed by atoms with Gasteiger partial charge in [-0.25, -0.2) is 0 Å². The van der Waals surface area contributed by atoms with Crippen LogP contribution >= 0.6 is 0 Å². The van der Waals surface area contributed by atoms with Crippen LogP contribution in [0.15, 0.2) is 30.5 Å². The van der Waals surface area contributed by atoms with Crippen LogP contribution < -0.4 is 5.32 Å². The second-order valence-corrected chi connectivity index (χ2v) is 6.36. The predicted octanol–water partition coefficient (Wildman–Crippen LogP) is 1.63. The van der Waals surface area contributed by atoms with Crippen molar-refractivity contribution in [2.75, 3.05) is 19.6 Å². The molecule has 22 heavy (non-hydrogen) atoms. The van der Waals surface area contributed by atoms with E-state index in [4.69, 9.17) is 5.26 Å². The number of carbonyl (C=O) groups excluding carboxylic acids is 1. The Morgan fingerprint density at radius 1 is 1.32 bits per heavy atom. The molecule has 0 saturated carbocycles. The molecule has 2 aliphatic rings. The van der Waals surface area contributed by atoms with Crippen molar-refractivity contribution in [1.29, 1.82) is 5.26 Å². The summed E-state index contributed by atoms with van der Waals surface area (Å²) in [4.78, 5) is 14.9. The number of nitrogens with one attached hydrogen (secondary N) is 1. The number of aromatic nitrogens is 1. The summed E-state index contributed by atoms with van der Waals surface area (Å²) in [6, 6.07) is 9.64. The van der Waals surface area contributed by atoms with E-state index in [9.17, 15) is 4.79 Å². The number of nitrogens with zero attached hydrogens (tertiary/aromatic N) is 3. The standard InChI is InChI=1S/C17H18N4O/c18-9-16-2-1-15-8-13(4-6-21(15)16)17(22)19-14-7-12-3-5-20(10-12)11-14/h1-2,4,6,8,12,14H,3,5,7,10-11H2,(H,19,22)/t12-,14-/m1/s1. The minimum atomic E-state index is -0.0188. The van der Waals surface area contributed by atoms with E-state index in [-0.39, 0.29) is 11.9 Å². The molecular formula is C17H18N4O. The summed E-state index contributed by atoms with van der Waals surface area (Å²) in [7, 11) is 0. The second kappa shape index (κ2) is 5.15. The quantitative estimate of drug-likeness (QED) is 0.916. The molecule has 5 nitrogen and oxygen atoms in total. The van der Waals surface area contributed by atoms with Gasteiger partial charge in [-0.15, -0.1) is 0 Å². The van der Waals surface area contributed by atoms with Crippen LogP contribution in [0.2, 0.25) is 0 Å². The molecule has 3 atom stereocenters. The summed E-state index contributed by atoms with van der Waals surface area (Å²) in [5, 5.41) is 12.2. The maximum atomic E-state index is 12.5. The van der Waals surface area contributed by atoms with E-state index in [0.717, 1.165) is 24.4 Å². The van der Waals surface area contributed by atoms with Crippen molar-refractivity contribution in [3.8, 4) is 6.07 Å². The molecule has 2 aromatic rings. The number of hydrogen-bond donors (Lipinski definition) is 1. The highest BCUT2D eigenvalue weighted by atomic mass is 16.1. The van der Waals surface area contributed by atoms with Crippen LogP contribution in [0, 0.1) is 17.2 Å². The number of carbonyl (C=O) groups is 1. The highest BCUT2D eigenvalue weighted by molar-refractivity contribution is 5.95. The van der Waals surface area contributed by atoms with Gasteiger partial charge in [-0.3, -0.25) is 4.79 Å². The fraction of sp³-hybridized carbons (Fsp3) is 0.412. The summed E-state index contributed by atoms with van der Waals surface area (Å²) in [5.74, 6) is 0.722. The van der Waals surface area contributed by atoms with Crippen LogP contribution in [-0.2, 0) is 0 Å². The molecule has 4 rings (SSSR count). The first-order chi connectivity index (χ1) is 10.7. The third-order valence-corrected chi connectivity index (χ3v) is 4.83. The Morgan fingerprint density at radius 2 is 2.23 bits per heavy atom. The minimum Gasteiger partial charge on any atom is -0.348 e. The number of rotatable bonds is 2. The average molecular weight is 294 g/mol. The fourth-order valence-electron chi connectivity index (χ4n) is 3.78.